The molecule has 4 nitrogen and oxygen atoms in total. The van der Waals surface area contributed by atoms with Crippen molar-refractivity contribution in [3.63, 3.8) is 0 Å². The van der Waals surface area contributed by atoms with Gasteiger partial charge in [0.25, 0.3) is 0 Å². The van der Waals surface area contributed by atoms with Gasteiger partial charge in [-0.1, -0.05) is 0 Å². The van der Waals surface area contributed by atoms with E-state index in [9.17, 15) is 4.79 Å². The van der Waals surface area contributed by atoms with E-state index in [1.54, 1.807) is 19.1 Å². The lowest BCUT2D eigenvalue weighted by molar-refractivity contribution is 0.0526. The van der Waals surface area contributed by atoms with Crippen molar-refractivity contribution in [3.8, 4) is 0 Å². The third kappa shape index (κ3) is 3.96. The zero-order chi connectivity index (χ0) is 14.5. The van der Waals surface area contributed by atoms with E-state index in [2.05, 4.69) is 21.2 Å². The van der Waals surface area contributed by atoms with Gasteiger partial charge < -0.3 is 15.8 Å². The van der Waals surface area contributed by atoms with Crippen LogP contribution in [-0.4, -0.2) is 24.7 Å². The summed E-state index contributed by atoms with van der Waals surface area (Å²) < 4.78 is 5.87. The summed E-state index contributed by atoms with van der Waals surface area (Å²) in [6, 6.07) is 6.19. The van der Waals surface area contributed by atoms with E-state index in [0.717, 1.165) is 35.8 Å². The van der Waals surface area contributed by atoms with Crippen LogP contribution in [0.15, 0.2) is 22.7 Å². The van der Waals surface area contributed by atoms with Gasteiger partial charge in [0.15, 0.2) is 0 Å². The van der Waals surface area contributed by atoms with Crippen LogP contribution in [0, 0.1) is 0 Å². The summed E-state index contributed by atoms with van der Waals surface area (Å²) in [5.41, 5.74) is 7.56. The van der Waals surface area contributed by atoms with Gasteiger partial charge in [0.2, 0.25) is 0 Å². The number of rotatable bonds is 4. The van der Waals surface area contributed by atoms with Gasteiger partial charge in [-0.3, -0.25) is 0 Å². The van der Waals surface area contributed by atoms with Gasteiger partial charge in [0.1, 0.15) is 0 Å². The molecule has 1 fully saturated rings. The molecule has 0 saturated heterocycles. The highest BCUT2D eigenvalue weighted by Gasteiger charge is 2.20. The normalized spacial score (nSPS) is 22.4. The van der Waals surface area contributed by atoms with Gasteiger partial charge in [-0.15, -0.1) is 0 Å². The quantitative estimate of drug-likeness (QED) is 0.825. The van der Waals surface area contributed by atoms with Crippen LogP contribution in [0.25, 0.3) is 0 Å². The number of hydrogen-bond donors (Lipinski definition) is 2. The lowest BCUT2D eigenvalue weighted by Crippen LogP contribution is -2.34. The van der Waals surface area contributed by atoms with E-state index in [0.29, 0.717) is 24.3 Å². The van der Waals surface area contributed by atoms with Gasteiger partial charge >= 0.3 is 5.97 Å². The van der Waals surface area contributed by atoms with Crippen LogP contribution in [0.5, 0.6) is 0 Å². The van der Waals surface area contributed by atoms with Gasteiger partial charge in [0.05, 0.1) is 12.2 Å². The maximum absolute atomic E-state index is 11.7. The summed E-state index contributed by atoms with van der Waals surface area (Å²) in [5, 5.41) is 3.50. The topological polar surface area (TPSA) is 64.3 Å². The summed E-state index contributed by atoms with van der Waals surface area (Å²) >= 11 is 3.51. The monoisotopic (exact) mass is 340 g/mol. The van der Waals surface area contributed by atoms with E-state index < -0.39 is 0 Å². The molecular formula is C15H21BrN2O2. The fraction of sp³-hybridized carbons (Fsp3) is 0.533. The summed E-state index contributed by atoms with van der Waals surface area (Å²) in [6.45, 7) is 2.19. The highest BCUT2D eigenvalue weighted by atomic mass is 79.9. The number of hydrogen-bond acceptors (Lipinski definition) is 4. The first-order valence-electron chi connectivity index (χ1n) is 7.09. The SMILES string of the molecule is CCOC(=O)c1ccc(NC2CCCC(N)C2)c(Br)c1. The number of esters is 1. The van der Waals surface area contributed by atoms with Crippen LogP contribution in [-0.2, 0) is 4.74 Å². The number of halogens is 1. The molecule has 1 saturated carbocycles. The Labute approximate surface area is 128 Å². The second kappa shape index (κ2) is 7.09. The minimum absolute atomic E-state index is 0.291. The average Bonchev–Trinajstić information content (AvgIpc) is 2.41. The lowest BCUT2D eigenvalue weighted by atomic mass is 9.91. The maximum Gasteiger partial charge on any atom is 0.338 e. The van der Waals surface area contributed by atoms with E-state index in [1.165, 1.54) is 0 Å². The van der Waals surface area contributed by atoms with Crippen LogP contribution in [0.3, 0.4) is 0 Å². The van der Waals surface area contributed by atoms with Gasteiger partial charge in [-0.25, -0.2) is 4.79 Å². The van der Waals surface area contributed by atoms with Crippen molar-refractivity contribution < 1.29 is 9.53 Å². The van der Waals surface area contributed by atoms with Crippen molar-refractivity contribution >= 4 is 27.6 Å². The molecule has 2 atom stereocenters. The number of carbonyl (C=O) groups excluding carboxylic acids is 1. The molecule has 0 heterocycles. The third-order valence-corrected chi connectivity index (χ3v) is 4.21. The number of anilines is 1. The zero-order valence-electron chi connectivity index (χ0n) is 11.7. The van der Waals surface area contributed by atoms with Crippen LogP contribution in [0.4, 0.5) is 5.69 Å². The molecular weight excluding hydrogens is 320 g/mol. The van der Waals surface area contributed by atoms with Crippen LogP contribution >= 0.6 is 15.9 Å². The number of benzene rings is 1. The molecule has 0 amide bonds. The molecule has 2 unspecified atom stereocenters. The Balaban J connectivity index is 2.04. The van der Waals surface area contributed by atoms with E-state index in [1.807, 2.05) is 6.07 Å². The summed E-state index contributed by atoms with van der Waals surface area (Å²) in [5.74, 6) is -0.292. The highest BCUT2D eigenvalue weighted by Crippen LogP contribution is 2.28. The van der Waals surface area contributed by atoms with Crippen LogP contribution < -0.4 is 11.1 Å². The Hall–Kier alpha value is -1.07. The zero-order valence-corrected chi connectivity index (χ0v) is 13.3. The Kier molecular flexibility index (Phi) is 5.43. The van der Waals surface area contributed by atoms with Crippen molar-refractivity contribution in [2.75, 3.05) is 11.9 Å². The third-order valence-electron chi connectivity index (χ3n) is 3.55. The number of nitrogens with one attached hydrogen (secondary N) is 1. The number of carbonyl (C=O) groups is 1. The summed E-state index contributed by atoms with van der Waals surface area (Å²) in [6.07, 6.45) is 4.41. The fourth-order valence-electron chi connectivity index (χ4n) is 2.55. The first-order chi connectivity index (χ1) is 9.60. The van der Waals surface area contributed by atoms with Crippen LogP contribution in [0.2, 0.25) is 0 Å². The largest absolute Gasteiger partial charge is 0.462 e. The fourth-order valence-corrected chi connectivity index (χ4v) is 3.05. The minimum Gasteiger partial charge on any atom is -0.462 e. The second-order valence-corrected chi connectivity index (χ2v) is 6.04. The van der Waals surface area contributed by atoms with Crippen molar-refractivity contribution in [3.05, 3.63) is 28.2 Å². The molecule has 1 aliphatic rings. The molecule has 5 heteroatoms. The molecule has 110 valence electrons. The van der Waals surface area contributed by atoms with Crippen molar-refractivity contribution in [2.45, 2.75) is 44.7 Å². The first kappa shape index (κ1) is 15.3. The van der Waals surface area contributed by atoms with Gasteiger partial charge in [0, 0.05) is 22.2 Å². The molecule has 0 bridgehead atoms. The minimum atomic E-state index is -0.292. The molecule has 0 aliphatic heterocycles. The Bertz CT molecular complexity index is 479. The number of ether oxygens (including phenoxy) is 1. The molecule has 2 rings (SSSR count). The molecule has 1 aromatic carbocycles. The molecule has 3 N–H and O–H groups in total. The van der Waals surface area contributed by atoms with Gasteiger partial charge in [-0.05, 0) is 66.7 Å². The molecule has 0 aromatic heterocycles. The summed E-state index contributed by atoms with van der Waals surface area (Å²) in [7, 11) is 0. The predicted octanol–water partition coefficient (Wildman–Crippen LogP) is 3.31. The number of nitrogens with two attached hydrogens (primary N) is 1. The Morgan fingerprint density at radius 3 is 2.95 bits per heavy atom. The van der Waals surface area contributed by atoms with E-state index in [4.69, 9.17) is 10.5 Å². The lowest BCUT2D eigenvalue weighted by Gasteiger charge is -2.28. The van der Waals surface area contributed by atoms with Crippen molar-refractivity contribution in [2.24, 2.45) is 5.73 Å². The Morgan fingerprint density at radius 1 is 1.50 bits per heavy atom. The molecule has 20 heavy (non-hydrogen) atoms. The first-order valence-corrected chi connectivity index (χ1v) is 7.88. The highest BCUT2D eigenvalue weighted by molar-refractivity contribution is 9.10. The molecule has 0 spiro atoms. The molecule has 0 radical (unpaired) electrons. The van der Waals surface area contributed by atoms with E-state index in [-0.39, 0.29) is 5.97 Å². The molecule has 1 aliphatic carbocycles. The van der Waals surface area contributed by atoms with Crippen molar-refractivity contribution in [1.82, 2.24) is 0 Å². The van der Waals surface area contributed by atoms with E-state index >= 15 is 0 Å². The Morgan fingerprint density at radius 2 is 2.30 bits per heavy atom. The molecule has 1 aromatic rings. The summed E-state index contributed by atoms with van der Waals surface area (Å²) in [4.78, 5) is 11.7. The van der Waals surface area contributed by atoms with Crippen molar-refractivity contribution in [1.29, 1.82) is 0 Å². The van der Waals surface area contributed by atoms with Gasteiger partial charge in [-0.2, -0.15) is 0 Å². The standard InChI is InChI=1S/C15H21BrN2O2/c1-2-20-15(19)10-6-7-14(13(16)8-10)18-12-5-3-4-11(17)9-12/h6-8,11-12,18H,2-5,9,17H2,1H3. The second-order valence-electron chi connectivity index (χ2n) is 5.18. The van der Waals surface area contributed by atoms with Crippen LogP contribution in [0.1, 0.15) is 43.0 Å². The predicted molar refractivity (Wildman–Crippen MR) is 84.0 cm³/mol. The average molecular weight is 341 g/mol. The maximum atomic E-state index is 11.7. The smallest absolute Gasteiger partial charge is 0.338 e.